The van der Waals surface area contributed by atoms with E-state index in [2.05, 4.69) is 0 Å². The summed E-state index contributed by atoms with van der Waals surface area (Å²) in [7, 11) is 0. The minimum absolute atomic E-state index is 0.203. The largest absolute Gasteiger partial charge is 0.394 e. The van der Waals surface area contributed by atoms with Gasteiger partial charge in [0.1, 0.15) is 36.8 Å². The number of aryl methyl sites for hydroxylation is 1. The van der Waals surface area contributed by atoms with Crippen LogP contribution in [0.2, 0.25) is 0 Å². The molecule has 1 aromatic carbocycles. The molecule has 1 rings (SSSR count). The minimum atomic E-state index is -1.95. The van der Waals surface area contributed by atoms with E-state index in [1.54, 1.807) is 24.3 Å². The van der Waals surface area contributed by atoms with Gasteiger partial charge in [0, 0.05) is 5.57 Å². The average Bonchev–Trinajstić information content (AvgIpc) is 2.57. The molecule has 0 amide bonds. The first kappa shape index (κ1) is 19.4. The van der Waals surface area contributed by atoms with Crippen LogP contribution in [-0.4, -0.2) is 74.1 Å². The topological polar surface area (TPSA) is 138 Å². The van der Waals surface area contributed by atoms with Crippen LogP contribution in [0.5, 0.6) is 0 Å². The smallest absolute Gasteiger partial charge is 0.148 e. The average molecular weight is 326 g/mol. The highest BCUT2D eigenvalue weighted by Gasteiger charge is 2.35. The molecule has 7 nitrogen and oxygen atoms in total. The van der Waals surface area contributed by atoms with Crippen molar-refractivity contribution in [2.45, 2.75) is 37.4 Å². The van der Waals surface area contributed by atoms with Crippen LogP contribution in [0.1, 0.15) is 11.1 Å². The van der Waals surface area contributed by atoms with Crippen molar-refractivity contribution >= 4 is 12.4 Å². The molecule has 0 saturated carbocycles. The Labute approximate surface area is 133 Å². The van der Waals surface area contributed by atoms with Crippen LogP contribution in [0.15, 0.2) is 29.8 Å². The van der Waals surface area contributed by atoms with Crippen molar-refractivity contribution in [1.29, 1.82) is 0 Å². The van der Waals surface area contributed by atoms with Crippen LogP contribution in [0.4, 0.5) is 0 Å². The van der Waals surface area contributed by atoms with Gasteiger partial charge in [-0.25, -0.2) is 0 Å². The van der Waals surface area contributed by atoms with Gasteiger partial charge in [-0.1, -0.05) is 29.8 Å². The van der Waals surface area contributed by atoms with Gasteiger partial charge >= 0.3 is 0 Å². The molecule has 128 valence electrons. The zero-order chi connectivity index (χ0) is 17.6. The molecule has 23 heavy (non-hydrogen) atoms. The summed E-state index contributed by atoms with van der Waals surface area (Å²) >= 11 is 0. The van der Waals surface area contributed by atoms with Crippen LogP contribution in [0.3, 0.4) is 0 Å². The van der Waals surface area contributed by atoms with Gasteiger partial charge < -0.3 is 30.6 Å². The number of carbonyl (C=O) groups excluding carboxylic acids is 1. The molecule has 0 heterocycles. The van der Waals surface area contributed by atoms with E-state index < -0.39 is 37.1 Å². The molecule has 0 fully saturated rings. The third kappa shape index (κ3) is 5.21. The molecule has 0 aliphatic heterocycles. The zero-order valence-corrected chi connectivity index (χ0v) is 12.6. The Bertz CT molecular complexity index is 526. The van der Waals surface area contributed by atoms with Crippen molar-refractivity contribution in [2.75, 3.05) is 6.61 Å². The summed E-state index contributed by atoms with van der Waals surface area (Å²) in [5.41, 5.74) is 1.41. The Hall–Kier alpha value is -1.61. The fraction of sp³-hybridized carbons (Fsp3) is 0.438. The summed E-state index contributed by atoms with van der Waals surface area (Å²) in [6.07, 6.45) is -7.55. The van der Waals surface area contributed by atoms with Gasteiger partial charge in [-0.2, -0.15) is 0 Å². The van der Waals surface area contributed by atoms with Crippen molar-refractivity contribution in [3.8, 4) is 0 Å². The van der Waals surface area contributed by atoms with Crippen LogP contribution in [-0.2, 0) is 4.79 Å². The number of hydrogen-bond donors (Lipinski definition) is 6. The van der Waals surface area contributed by atoms with Crippen LogP contribution in [0.25, 0.3) is 6.08 Å². The molecule has 1 aromatic rings. The molecular weight excluding hydrogens is 304 g/mol. The van der Waals surface area contributed by atoms with Gasteiger partial charge in [0.05, 0.1) is 6.61 Å². The van der Waals surface area contributed by atoms with E-state index in [0.29, 0.717) is 11.8 Å². The maximum Gasteiger partial charge on any atom is 0.148 e. The van der Waals surface area contributed by atoms with E-state index in [4.69, 9.17) is 5.11 Å². The second kappa shape index (κ2) is 8.88. The van der Waals surface area contributed by atoms with E-state index in [9.17, 15) is 30.3 Å². The number of carbonyl (C=O) groups is 1. The van der Waals surface area contributed by atoms with E-state index in [-0.39, 0.29) is 5.57 Å². The van der Waals surface area contributed by atoms with Gasteiger partial charge in [0.25, 0.3) is 0 Å². The van der Waals surface area contributed by atoms with E-state index in [1.807, 2.05) is 6.92 Å². The molecule has 5 atom stereocenters. The first-order valence-electron chi connectivity index (χ1n) is 7.06. The van der Waals surface area contributed by atoms with Crippen LogP contribution >= 0.6 is 0 Å². The third-order valence-electron chi connectivity index (χ3n) is 3.49. The van der Waals surface area contributed by atoms with Crippen molar-refractivity contribution < 1.29 is 35.4 Å². The molecule has 0 saturated heterocycles. The lowest BCUT2D eigenvalue weighted by molar-refractivity contribution is -0.135. The lowest BCUT2D eigenvalue weighted by Crippen LogP contribution is -2.50. The number of aliphatic hydroxyl groups is 6. The molecule has 7 heteroatoms. The lowest BCUT2D eigenvalue weighted by Gasteiger charge is -2.28. The quantitative estimate of drug-likeness (QED) is 0.249. The highest BCUT2D eigenvalue weighted by molar-refractivity contribution is 5.83. The summed E-state index contributed by atoms with van der Waals surface area (Å²) in [5, 5.41) is 57.1. The molecule has 0 radical (unpaired) electrons. The van der Waals surface area contributed by atoms with Gasteiger partial charge in [-0.05, 0) is 18.6 Å². The fourth-order valence-electron chi connectivity index (χ4n) is 1.97. The fourth-order valence-corrected chi connectivity index (χ4v) is 1.97. The molecule has 0 aromatic heterocycles. The molecule has 6 N–H and O–H groups in total. The standard InChI is InChI=1S/C16H22O7/c1-9-2-4-10(5-3-9)6-11(7-17)13(20)15(22)16(23)14(21)12(19)8-18/h2-7,12-16,18-23H,8H2,1H3/t12-,13?,14-,15+,16+/m1/s1. The number of aldehydes is 1. The monoisotopic (exact) mass is 326 g/mol. The van der Waals surface area contributed by atoms with Crippen LogP contribution < -0.4 is 0 Å². The number of benzene rings is 1. The molecular formula is C16H22O7. The normalized spacial score (nSPS) is 18.8. The maximum atomic E-state index is 11.1. The highest BCUT2D eigenvalue weighted by Crippen LogP contribution is 2.16. The molecule has 0 bridgehead atoms. The van der Waals surface area contributed by atoms with Gasteiger partial charge in [0.2, 0.25) is 0 Å². The van der Waals surface area contributed by atoms with Gasteiger partial charge in [-0.3, -0.25) is 4.79 Å². The first-order valence-corrected chi connectivity index (χ1v) is 7.06. The Morgan fingerprint density at radius 3 is 2.04 bits per heavy atom. The summed E-state index contributed by atoms with van der Waals surface area (Å²) in [4.78, 5) is 11.1. The van der Waals surface area contributed by atoms with Gasteiger partial charge in [-0.15, -0.1) is 0 Å². The Kier molecular flexibility index (Phi) is 7.50. The SMILES string of the molecule is Cc1ccc(C=C(C=O)C(O)[C@H](O)[C@@H](O)[C@H](O)[C@H](O)CO)cc1. The van der Waals surface area contributed by atoms with Crippen molar-refractivity contribution in [3.63, 3.8) is 0 Å². The summed E-state index contributed by atoms with van der Waals surface area (Å²) in [5.74, 6) is 0. The number of rotatable bonds is 8. The third-order valence-corrected chi connectivity index (χ3v) is 3.49. The van der Waals surface area contributed by atoms with Crippen LogP contribution in [0, 0.1) is 6.92 Å². The first-order chi connectivity index (χ1) is 10.8. The Morgan fingerprint density at radius 1 is 1.00 bits per heavy atom. The van der Waals surface area contributed by atoms with Gasteiger partial charge in [0.15, 0.2) is 0 Å². The van der Waals surface area contributed by atoms with E-state index in [1.165, 1.54) is 6.08 Å². The predicted octanol–water partition coefficient (Wildman–Crippen LogP) is -1.63. The van der Waals surface area contributed by atoms with E-state index >= 15 is 0 Å². The van der Waals surface area contributed by atoms with Crippen molar-refractivity contribution in [1.82, 2.24) is 0 Å². The Morgan fingerprint density at radius 2 is 1.57 bits per heavy atom. The molecule has 0 aliphatic carbocycles. The zero-order valence-electron chi connectivity index (χ0n) is 12.6. The van der Waals surface area contributed by atoms with Crippen molar-refractivity contribution in [3.05, 3.63) is 41.0 Å². The molecule has 0 aliphatic rings. The second-order valence-electron chi connectivity index (χ2n) is 5.34. The highest BCUT2D eigenvalue weighted by atomic mass is 16.4. The summed E-state index contributed by atoms with van der Waals surface area (Å²) in [6, 6.07) is 7.01. The molecule has 1 unspecified atom stereocenters. The maximum absolute atomic E-state index is 11.1. The minimum Gasteiger partial charge on any atom is -0.394 e. The van der Waals surface area contributed by atoms with E-state index in [0.717, 1.165) is 5.56 Å². The number of hydrogen-bond acceptors (Lipinski definition) is 7. The second-order valence-corrected chi connectivity index (χ2v) is 5.34. The predicted molar refractivity (Wildman–Crippen MR) is 82.3 cm³/mol. The molecule has 0 spiro atoms. The Balaban J connectivity index is 2.92. The van der Waals surface area contributed by atoms with Crippen molar-refractivity contribution in [2.24, 2.45) is 0 Å². The summed E-state index contributed by atoms with van der Waals surface area (Å²) in [6.45, 7) is 1.05. The number of aliphatic hydroxyl groups excluding tert-OH is 6. The summed E-state index contributed by atoms with van der Waals surface area (Å²) < 4.78 is 0. The lowest BCUT2D eigenvalue weighted by atomic mass is 9.94.